The van der Waals surface area contributed by atoms with Gasteiger partial charge in [0.1, 0.15) is 52.1 Å². The lowest BCUT2D eigenvalue weighted by Gasteiger charge is -2.14. The van der Waals surface area contributed by atoms with E-state index in [0.29, 0.717) is 89.5 Å². The quantitative estimate of drug-likeness (QED) is 0.0818. The second-order valence-corrected chi connectivity index (χ2v) is 43.9. The van der Waals surface area contributed by atoms with Gasteiger partial charge in [-0.3, -0.25) is 0 Å². The average molecular weight is 2140 g/mol. The molecule has 0 radical (unpaired) electrons. The van der Waals surface area contributed by atoms with Gasteiger partial charge in [0, 0.05) is 31.8 Å². The predicted molar refractivity (Wildman–Crippen MR) is 630 cm³/mol. The van der Waals surface area contributed by atoms with E-state index in [9.17, 15) is 42.4 Å². The molecule has 0 amide bonds. The third-order valence-electron chi connectivity index (χ3n) is 24.3. The molecule has 0 saturated heterocycles. The molecule has 147 heavy (non-hydrogen) atoms. The van der Waals surface area contributed by atoms with Gasteiger partial charge in [-0.05, 0) is 321 Å². The molecule has 4 nitrogen and oxygen atoms in total. The molecule has 0 bridgehead atoms. The molecule has 0 atom stereocenters. The van der Waals surface area contributed by atoms with Crippen LogP contribution in [-0.4, -0.2) is 20.4 Å². The van der Waals surface area contributed by atoms with Crippen LogP contribution in [0.25, 0.3) is 16.8 Å². The molecular weight excluding hydrogens is 1980 g/mol. The van der Waals surface area contributed by atoms with Crippen LogP contribution in [0, 0.1) is 56.8 Å². The van der Waals surface area contributed by atoms with Crippen LogP contribution in [0.3, 0.4) is 0 Å². The molecule has 0 spiro atoms. The summed E-state index contributed by atoms with van der Waals surface area (Å²) in [7, 11) is 0. The van der Waals surface area contributed by atoms with Crippen LogP contribution in [0.15, 0.2) is 273 Å². The van der Waals surface area contributed by atoms with Gasteiger partial charge < -0.3 is 20.4 Å². The van der Waals surface area contributed by atoms with Gasteiger partial charge in [0.15, 0.2) is 0 Å². The SMILES string of the molecule is CC(C)c1c(F)cccc1F.CC(C)c1c(O)cccc1Cl.CC(C)c1c(O)cccc1F.CC(C)c1cc(O)cc2ccccc12.CC(C)c1cccc(Cl)c1Cl.CC(C)c1ccccc1C1CC1.CC(C)c1ccccc1Cl.CC(C)c1ccccc1F.CC(C)c1ccccc1O.Cc1cc(Cl)c(Cl)c(C(C)C)c1.Cc1ccc(C(C)C)c(F)c1.Cc1ccc(Cl)c(C(C)C)c1.Cc1ccc2c(c1C(C)C)C=CC2. The van der Waals surface area contributed by atoms with Gasteiger partial charge in [0.05, 0.1) is 20.1 Å². The van der Waals surface area contributed by atoms with E-state index in [2.05, 4.69) is 197 Å². The number of rotatable bonds is 14. The van der Waals surface area contributed by atoms with Crippen LogP contribution >= 0.6 is 81.2 Å². The first kappa shape index (κ1) is 129. The minimum atomic E-state index is -0.458. The number of para-hydroxylation sites is 1. The number of fused-ring (bicyclic) bond motifs is 2. The van der Waals surface area contributed by atoms with Crippen molar-refractivity contribution in [3.63, 3.8) is 0 Å². The first-order chi connectivity index (χ1) is 69.1. The lowest BCUT2D eigenvalue weighted by Crippen LogP contribution is -1.97. The monoisotopic (exact) mass is 2140 g/mol. The number of hydrogen-bond donors (Lipinski definition) is 4. The molecule has 0 aromatic heterocycles. The third-order valence-corrected chi connectivity index (χ3v) is 27.0. The fourth-order valence-corrected chi connectivity index (χ4v) is 18.5. The van der Waals surface area contributed by atoms with Crippen molar-refractivity contribution in [2.75, 3.05) is 0 Å². The fourth-order valence-electron chi connectivity index (χ4n) is 16.3. The van der Waals surface area contributed by atoms with Gasteiger partial charge in [-0.15, -0.1) is 0 Å². The Morgan fingerprint density at radius 3 is 1.08 bits per heavy atom. The first-order valence-electron chi connectivity index (χ1n) is 51.2. The number of phenols is 4. The van der Waals surface area contributed by atoms with Crippen LogP contribution in [-0.2, 0) is 6.42 Å². The van der Waals surface area contributed by atoms with E-state index in [1.807, 2.05) is 184 Å². The molecule has 1 fully saturated rings. The highest BCUT2D eigenvalue weighted by Crippen LogP contribution is 2.44. The van der Waals surface area contributed by atoms with E-state index < -0.39 is 11.6 Å². The van der Waals surface area contributed by atoms with E-state index in [0.717, 1.165) is 72.3 Å². The molecule has 1 saturated carbocycles. The molecule has 16 rings (SSSR count). The van der Waals surface area contributed by atoms with Crippen molar-refractivity contribution >= 4 is 98.1 Å². The number of phenolic OH excluding ortho intramolecular Hbond substituents is 4. The fraction of sp³-hybridized carbons (Fsp3) is 0.359. The Balaban J connectivity index is 0.000000332. The number of aromatic hydroxyl groups is 4. The van der Waals surface area contributed by atoms with Crippen LogP contribution in [0.5, 0.6) is 23.0 Å². The summed E-state index contributed by atoms with van der Waals surface area (Å²) in [5, 5.41) is 44.8. The minimum Gasteiger partial charge on any atom is -0.508 e. The molecule has 2 aliphatic rings. The Morgan fingerprint density at radius 1 is 0.252 bits per heavy atom. The van der Waals surface area contributed by atoms with Gasteiger partial charge >= 0.3 is 0 Å². The smallest absolute Gasteiger partial charge is 0.130 e. The topological polar surface area (TPSA) is 80.9 Å². The molecular formula is C131H160Cl7F5O4. The van der Waals surface area contributed by atoms with Gasteiger partial charge in [-0.1, -0.05) is 455 Å². The Labute approximate surface area is 914 Å². The zero-order chi connectivity index (χ0) is 111. The largest absolute Gasteiger partial charge is 0.508 e. The summed E-state index contributed by atoms with van der Waals surface area (Å²) in [6.45, 7) is 61.9. The molecule has 14 aromatic carbocycles. The van der Waals surface area contributed by atoms with E-state index in [1.165, 1.54) is 105 Å². The summed E-state index contributed by atoms with van der Waals surface area (Å²) in [5.74, 6) is 5.34. The number of allylic oxidation sites excluding steroid dienone is 1. The van der Waals surface area contributed by atoms with Crippen molar-refractivity contribution in [3.8, 4) is 23.0 Å². The van der Waals surface area contributed by atoms with Crippen molar-refractivity contribution in [1.29, 1.82) is 0 Å². The average Bonchev–Trinajstić information content (AvgIpc) is 1.11. The first-order valence-corrected chi connectivity index (χ1v) is 53.9. The predicted octanol–water partition coefficient (Wildman–Crippen LogP) is 44.5. The zero-order valence-corrected chi connectivity index (χ0v) is 97.4. The number of halogens is 12. The van der Waals surface area contributed by atoms with Crippen LogP contribution in [0.4, 0.5) is 22.0 Å². The van der Waals surface area contributed by atoms with E-state index >= 15 is 0 Å². The number of aryl methyl sites for hydroxylation is 4. The van der Waals surface area contributed by atoms with Gasteiger partial charge in [0.2, 0.25) is 0 Å². The van der Waals surface area contributed by atoms with Crippen molar-refractivity contribution in [1.82, 2.24) is 0 Å². The third kappa shape index (κ3) is 43.5. The molecule has 792 valence electrons. The van der Waals surface area contributed by atoms with Gasteiger partial charge in [-0.25, -0.2) is 22.0 Å². The highest BCUT2D eigenvalue weighted by molar-refractivity contribution is 6.43. The lowest BCUT2D eigenvalue weighted by molar-refractivity contribution is 0.454. The summed E-state index contributed by atoms with van der Waals surface area (Å²) < 4.78 is 64.6. The van der Waals surface area contributed by atoms with Crippen molar-refractivity contribution in [2.45, 2.75) is 310 Å². The molecule has 0 aliphatic heterocycles. The Bertz CT molecular complexity index is 6050. The highest BCUT2D eigenvalue weighted by Gasteiger charge is 2.27. The minimum absolute atomic E-state index is 0.0243. The second-order valence-electron chi connectivity index (χ2n) is 41.1. The molecule has 14 aromatic rings. The van der Waals surface area contributed by atoms with E-state index in [-0.39, 0.29) is 64.1 Å². The normalized spacial score (nSPS) is 11.4. The van der Waals surface area contributed by atoms with Crippen molar-refractivity contribution < 1.29 is 42.4 Å². The Hall–Kier alpha value is -10.0. The molecule has 0 unspecified atom stereocenters. The van der Waals surface area contributed by atoms with E-state index in [4.69, 9.17) is 81.2 Å². The molecule has 0 heterocycles. The van der Waals surface area contributed by atoms with E-state index in [1.54, 1.807) is 73.5 Å². The van der Waals surface area contributed by atoms with Crippen LogP contribution in [0.1, 0.15) is 387 Å². The maximum absolute atomic E-state index is 13.1. The standard InChI is InChI=1S/C13H14O.C13H16.C12H16.C10H12Cl2.C10H13Cl.C10H13F.C9H10Cl2.C9H11ClO.C9H11Cl.C9H10F2.C9H11FO.C9H11F.C9H12O/c1-9(2)13-8-11(14)7-10-5-3-4-6-12(10)13;1-9(2)13-10(3)7-8-11-5-4-6-12(11)13;1-9(2)11-5-3-4-6-12(11)10-7-8-10;1-6(2)8-4-7(3)5-9(11)10(8)12;1-7(2)9-6-8(3)4-5-10(9)11;1-7(2)9-5-4-8(3)6-10(9)11;1-6(2)7-4-3-5-8(10)9(7)11;1-6(2)9-7(10)4-3-5-8(9)11;1-7(2)8-5-3-4-6-9(8)10;2*1-6(2)9-7(10)4-3-5-8(9)11;2*1-7(2)8-5-3-4-6-9(8)10/h3-9,14H,1-2H3;4,6-9H,5H2,1-3H3;3-6,9-10H,7-8H2,1-2H3;4-6H,1-3H3;2*4-7H,1-3H3;3-6H,1-2H3;3-6,11H,1-2H3;3-7H,1-2H3;3-6H,1-2H3;3-6,11H,1-2H3;3-7H,1-2H3;3-7,10H,1-2H3. The second kappa shape index (κ2) is 65.2. The molecule has 16 heteroatoms. The Morgan fingerprint density at radius 2 is 0.639 bits per heavy atom. The van der Waals surface area contributed by atoms with Crippen LogP contribution < -0.4 is 0 Å². The maximum Gasteiger partial charge on any atom is 0.130 e. The van der Waals surface area contributed by atoms with Gasteiger partial charge in [0.25, 0.3) is 0 Å². The molecule has 2 aliphatic carbocycles. The summed E-state index contributed by atoms with van der Waals surface area (Å²) in [5.41, 5.74) is 22.4. The van der Waals surface area contributed by atoms with Crippen LogP contribution in [0.2, 0.25) is 35.2 Å². The number of hydrogen-bond acceptors (Lipinski definition) is 4. The lowest BCUT2D eigenvalue weighted by atomic mass is 9.91. The van der Waals surface area contributed by atoms with Crippen molar-refractivity contribution in [3.05, 3.63) is 449 Å². The maximum atomic E-state index is 13.1. The summed E-state index contributed by atoms with van der Waals surface area (Å²) in [4.78, 5) is 0. The zero-order valence-electron chi connectivity index (χ0n) is 92.1. The van der Waals surface area contributed by atoms with Crippen molar-refractivity contribution in [2.24, 2.45) is 0 Å². The Kier molecular flexibility index (Phi) is 57.3. The number of benzene rings is 14. The van der Waals surface area contributed by atoms with Gasteiger partial charge in [-0.2, -0.15) is 0 Å². The highest BCUT2D eigenvalue weighted by atomic mass is 35.5. The summed E-state index contributed by atoms with van der Waals surface area (Å²) in [6, 6.07) is 82.2. The summed E-state index contributed by atoms with van der Waals surface area (Å²) in [6.07, 6.45) is 8.47. The summed E-state index contributed by atoms with van der Waals surface area (Å²) >= 11 is 41.5. The molecule has 4 N–H and O–H groups in total.